The molecule has 0 spiro atoms. The number of hydrogen-bond acceptors (Lipinski definition) is 3. The number of benzene rings is 2. The average molecular weight is 356 g/mol. The Kier molecular flexibility index (Phi) is 5.87. The van der Waals surface area contributed by atoms with Crippen LogP contribution in [0.5, 0.6) is 5.75 Å². The SMILES string of the molecule is CCNC(=NCc1ccc(O)cc1)NCC1(Sc2ccccc2)CC1. The first kappa shape index (κ1) is 17.7. The third-order valence-corrected chi connectivity index (χ3v) is 5.66. The Bertz CT molecular complexity index is 697. The Labute approximate surface area is 153 Å². The Morgan fingerprint density at radius 1 is 1.08 bits per heavy atom. The minimum Gasteiger partial charge on any atom is -0.508 e. The van der Waals surface area contributed by atoms with Crippen LogP contribution in [0, 0.1) is 0 Å². The van der Waals surface area contributed by atoms with Gasteiger partial charge in [0.15, 0.2) is 5.96 Å². The van der Waals surface area contributed by atoms with Crippen molar-refractivity contribution >= 4 is 17.7 Å². The molecule has 3 N–H and O–H groups in total. The van der Waals surface area contributed by atoms with Crippen molar-refractivity contribution < 1.29 is 5.11 Å². The van der Waals surface area contributed by atoms with Crippen molar-refractivity contribution in [1.82, 2.24) is 10.6 Å². The third-order valence-electron chi connectivity index (χ3n) is 4.16. The Morgan fingerprint density at radius 2 is 1.80 bits per heavy atom. The number of aliphatic imine (C=N–C) groups is 1. The van der Waals surface area contributed by atoms with Crippen LogP contribution in [0.2, 0.25) is 0 Å². The summed E-state index contributed by atoms with van der Waals surface area (Å²) in [6.45, 7) is 4.41. The highest BCUT2D eigenvalue weighted by Gasteiger charge is 2.43. The van der Waals surface area contributed by atoms with Crippen molar-refractivity contribution in [3.63, 3.8) is 0 Å². The number of phenolic OH excluding ortho intramolecular Hbond substituents is 1. The normalized spacial score (nSPS) is 15.6. The zero-order valence-electron chi connectivity index (χ0n) is 14.5. The molecule has 1 saturated carbocycles. The number of phenols is 1. The summed E-state index contributed by atoms with van der Waals surface area (Å²) < 4.78 is 0.288. The van der Waals surface area contributed by atoms with Gasteiger partial charge in [-0.3, -0.25) is 0 Å². The van der Waals surface area contributed by atoms with E-state index in [0.29, 0.717) is 6.54 Å². The van der Waals surface area contributed by atoms with Gasteiger partial charge in [-0.2, -0.15) is 0 Å². The summed E-state index contributed by atoms with van der Waals surface area (Å²) in [5.74, 6) is 1.13. The fraction of sp³-hybridized carbons (Fsp3) is 0.350. The van der Waals surface area contributed by atoms with Gasteiger partial charge in [-0.05, 0) is 49.6 Å². The van der Waals surface area contributed by atoms with Crippen molar-refractivity contribution in [2.75, 3.05) is 13.1 Å². The van der Waals surface area contributed by atoms with E-state index in [1.54, 1.807) is 12.1 Å². The van der Waals surface area contributed by atoms with E-state index >= 15 is 0 Å². The summed E-state index contributed by atoms with van der Waals surface area (Å²) in [6.07, 6.45) is 2.47. The highest BCUT2D eigenvalue weighted by molar-refractivity contribution is 8.01. The Morgan fingerprint density at radius 3 is 2.44 bits per heavy atom. The first-order valence-electron chi connectivity index (χ1n) is 8.73. The van der Waals surface area contributed by atoms with Gasteiger partial charge in [-0.1, -0.05) is 30.3 Å². The van der Waals surface area contributed by atoms with Gasteiger partial charge in [0.05, 0.1) is 6.54 Å². The second-order valence-corrected chi connectivity index (χ2v) is 7.85. The van der Waals surface area contributed by atoms with Crippen LogP contribution in [0.15, 0.2) is 64.5 Å². The zero-order chi connectivity index (χ0) is 17.5. The van der Waals surface area contributed by atoms with Crippen molar-refractivity contribution in [2.24, 2.45) is 4.99 Å². The van der Waals surface area contributed by atoms with Crippen molar-refractivity contribution in [3.05, 3.63) is 60.2 Å². The number of hydrogen-bond donors (Lipinski definition) is 3. The van der Waals surface area contributed by atoms with Crippen molar-refractivity contribution in [2.45, 2.75) is 36.0 Å². The molecule has 1 aliphatic carbocycles. The lowest BCUT2D eigenvalue weighted by molar-refractivity contribution is 0.475. The monoisotopic (exact) mass is 355 g/mol. The van der Waals surface area contributed by atoms with Gasteiger partial charge in [-0.25, -0.2) is 4.99 Å². The topological polar surface area (TPSA) is 56.7 Å². The van der Waals surface area contributed by atoms with Crippen LogP contribution < -0.4 is 10.6 Å². The number of nitrogens with zero attached hydrogens (tertiary/aromatic N) is 1. The lowest BCUT2D eigenvalue weighted by atomic mass is 10.2. The quantitative estimate of drug-likeness (QED) is 0.523. The summed E-state index contributed by atoms with van der Waals surface area (Å²) in [4.78, 5) is 5.98. The van der Waals surface area contributed by atoms with E-state index < -0.39 is 0 Å². The molecule has 3 rings (SSSR count). The average Bonchev–Trinajstić information content (AvgIpc) is 3.39. The molecule has 1 fully saturated rings. The predicted molar refractivity (Wildman–Crippen MR) is 105 cm³/mol. The highest BCUT2D eigenvalue weighted by Crippen LogP contribution is 2.51. The predicted octanol–water partition coefficient (Wildman–Crippen LogP) is 3.77. The molecule has 2 aromatic carbocycles. The van der Waals surface area contributed by atoms with Gasteiger partial charge in [0.2, 0.25) is 0 Å². The first-order valence-corrected chi connectivity index (χ1v) is 9.55. The molecule has 0 amide bonds. The van der Waals surface area contributed by atoms with Gasteiger partial charge in [0.25, 0.3) is 0 Å². The highest BCUT2D eigenvalue weighted by atomic mass is 32.2. The van der Waals surface area contributed by atoms with Gasteiger partial charge >= 0.3 is 0 Å². The van der Waals surface area contributed by atoms with E-state index in [-0.39, 0.29) is 10.5 Å². The number of aromatic hydroxyl groups is 1. The second-order valence-electron chi connectivity index (χ2n) is 6.31. The second kappa shape index (κ2) is 8.30. The molecule has 0 aliphatic heterocycles. The van der Waals surface area contributed by atoms with E-state index in [2.05, 4.69) is 52.9 Å². The molecule has 132 valence electrons. The molecule has 2 aromatic rings. The van der Waals surface area contributed by atoms with E-state index in [9.17, 15) is 5.11 Å². The number of guanidine groups is 1. The smallest absolute Gasteiger partial charge is 0.191 e. The lowest BCUT2D eigenvalue weighted by Gasteiger charge is -2.18. The summed E-state index contributed by atoms with van der Waals surface area (Å²) in [7, 11) is 0. The molecular weight excluding hydrogens is 330 g/mol. The van der Waals surface area contributed by atoms with Gasteiger partial charge in [0.1, 0.15) is 5.75 Å². The Balaban J connectivity index is 1.56. The molecular formula is C20H25N3OS. The first-order chi connectivity index (χ1) is 12.2. The maximum absolute atomic E-state index is 9.36. The standard InChI is InChI=1S/C20H25N3OS/c1-2-21-19(22-14-16-8-10-17(24)11-9-16)23-15-20(12-13-20)25-18-6-4-3-5-7-18/h3-11,24H,2,12-15H2,1H3,(H2,21,22,23). The molecule has 0 unspecified atom stereocenters. The molecule has 4 nitrogen and oxygen atoms in total. The maximum atomic E-state index is 9.36. The minimum absolute atomic E-state index is 0.284. The molecule has 1 aliphatic rings. The molecule has 0 bridgehead atoms. The molecule has 25 heavy (non-hydrogen) atoms. The summed E-state index contributed by atoms with van der Waals surface area (Å²) >= 11 is 1.96. The molecule has 0 aromatic heterocycles. The van der Waals surface area contributed by atoms with Crippen LogP contribution in [-0.2, 0) is 6.54 Å². The van der Waals surface area contributed by atoms with Crippen molar-refractivity contribution in [1.29, 1.82) is 0 Å². The van der Waals surface area contributed by atoms with E-state index in [4.69, 9.17) is 0 Å². The molecule has 0 heterocycles. The third kappa shape index (κ3) is 5.43. The zero-order valence-corrected chi connectivity index (χ0v) is 15.4. The molecule has 0 radical (unpaired) electrons. The molecule has 0 atom stereocenters. The summed E-state index contributed by atoms with van der Waals surface area (Å²) in [6, 6.07) is 17.8. The van der Waals surface area contributed by atoms with Crippen LogP contribution in [0.1, 0.15) is 25.3 Å². The number of thioether (sulfide) groups is 1. The van der Waals surface area contributed by atoms with E-state index in [1.807, 2.05) is 23.9 Å². The van der Waals surface area contributed by atoms with Gasteiger partial charge in [0, 0.05) is 22.7 Å². The van der Waals surface area contributed by atoms with E-state index in [1.165, 1.54) is 17.7 Å². The maximum Gasteiger partial charge on any atom is 0.191 e. The largest absolute Gasteiger partial charge is 0.508 e. The van der Waals surface area contributed by atoms with Crippen molar-refractivity contribution in [3.8, 4) is 5.75 Å². The van der Waals surface area contributed by atoms with Crippen LogP contribution in [-0.4, -0.2) is 28.9 Å². The van der Waals surface area contributed by atoms with Crippen LogP contribution in [0.4, 0.5) is 0 Å². The van der Waals surface area contributed by atoms with Crippen LogP contribution >= 0.6 is 11.8 Å². The number of rotatable bonds is 7. The fourth-order valence-corrected chi connectivity index (χ4v) is 3.79. The lowest BCUT2D eigenvalue weighted by Crippen LogP contribution is -2.41. The van der Waals surface area contributed by atoms with E-state index in [0.717, 1.165) is 24.6 Å². The van der Waals surface area contributed by atoms with Crippen LogP contribution in [0.3, 0.4) is 0 Å². The summed E-state index contributed by atoms with van der Waals surface area (Å²) in [5, 5.41) is 16.2. The molecule has 0 saturated heterocycles. The summed E-state index contributed by atoms with van der Waals surface area (Å²) in [5.41, 5.74) is 1.08. The van der Waals surface area contributed by atoms with Crippen LogP contribution in [0.25, 0.3) is 0 Å². The van der Waals surface area contributed by atoms with Gasteiger partial charge in [-0.15, -0.1) is 11.8 Å². The number of nitrogens with one attached hydrogen (secondary N) is 2. The van der Waals surface area contributed by atoms with Gasteiger partial charge < -0.3 is 15.7 Å². The minimum atomic E-state index is 0.284. The molecule has 5 heteroatoms. The fourth-order valence-electron chi connectivity index (χ4n) is 2.55. The Hall–Kier alpha value is -2.14.